The predicted molar refractivity (Wildman–Crippen MR) is 109 cm³/mol. The zero-order valence-electron chi connectivity index (χ0n) is 16.9. The van der Waals surface area contributed by atoms with E-state index in [2.05, 4.69) is 15.4 Å². The van der Waals surface area contributed by atoms with Gasteiger partial charge in [-0.15, -0.1) is 5.10 Å². The zero-order valence-corrected chi connectivity index (χ0v) is 19.1. The molecule has 5 nitrogen and oxygen atoms in total. The molecule has 0 saturated heterocycles. The molecule has 0 atom stereocenters. The molecule has 1 heterocycles. The van der Waals surface area contributed by atoms with Gasteiger partial charge in [-0.3, -0.25) is 0 Å². The minimum Gasteiger partial charge on any atom is -0.330 e. The number of rotatable bonds is 5. The molecule has 0 aliphatic carbocycles. The summed E-state index contributed by atoms with van der Waals surface area (Å²) in [5.74, 6) is -0.193. The van der Waals surface area contributed by atoms with E-state index < -0.39 is 47.3 Å². The van der Waals surface area contributed by atoms with E-state index >= 15 is 0 Å². The van der Waals surface area contributed by atoms with Crippen LogP contribution in [0.4, 0.5) is 45.5 Å². The van der Waals surface area contributed by atoms with E-state index in [0.717, 1.165) is 21.8 Å². The Morgan fingerprint density at radius 1 is 0.794 bits per heavy atom. The van der Waals surface area contributed by atoms with Crippen molar-refractivity contribution in [2.45, 2.75) is 31.6 Å². The second-order valence-corrected chi connectivity index (χ2v) is 8.32. The van der Waals surface area contributed by atoms with Crippen LogP contribution >= 0.6 is 22.6 Å². The summed E-state index contributed by atoms with van der Waals surface area (Å²) in [7, 11) is 1.37. The Bertz CT molecular complexity index is 1140. The summed E-state index contributed by atoms with van der Waals surface area (Å²) in [6.07, 6.45) is -14.8. The lowest BCUT2D eigenvalue weighted by molar-refractivity contribution is -0.143. The Balaban J connectivity index is 2.06. The molecule has 3 aromatic rings. The SMILES string of the molecule is Cn1nnc(N(Cc2cc(C(F)(F)F)cc(C(F)(F)F)c2)Cc2cc(C(F)(F)F)ccc2I)n1. The lowest BCUT2D eigenvalue weighted by Crippen LogP contribution is -2.25. The van der Waals surface area contributed by atoms with Crippen molar-refractivity contribution < 1.29 is 39.5 Å². The number of alkyl halides is 9. The first-order valence-corrected chi connectivity index (χ1v) is 10.2. The first-order valence-electron chi connectivity index (χ1n) is 9.17. The predicted octanol–water partition coefficient (Wildman–Crippen LogP) is 6.08. The van der Waals surface area contributed by atoms with Crippen molar-refractivity contribution in [2.24, 2.45) is 7.05 Å². The number of benzene rings is 2. The van der Waals surface area contributed by atoms with Gasteiger partial charge in [0.15, 0.2) is 0 Å². The highest BCUT2D eigenvalue weighted by atomic mass is 127. The van der Waals surface area contributed by atoms with Crippen molar-refractivity contribution in [3.05, 3.63) is 67.8 Å². The summed E-state index contributed by atoms with van der Waals surface area (Å²) in [6, 6.07) is 3.97. The standard InChI is InChI=1S/C19H13F9IN5/c1-33-31-16(30-32-33)34(9-11-6-12(17(20,21)22)2-3-15(11)29)8-10-4-13(18(23,24)25)7-14(5-10)19(26,27)28/h2-7H,8-9H2,1H3. The van der Waals surface area contributed by atoms with Crippen molar-refractivity contribution >= 4 is 28.5 Å². The van der Waals surface area contributed by atoms with Gasteiger partial charge in [0.25, 0.3) is 5.95 Å². The van der Waals surface area contributed by atoms with Crippen LogP contribution in [-0.4, -0.2) is 20.2 Å². The van der Waals surface area contributed by atoms with Crippen LogP contribution in [0.25, 0.3) is 0 Å². The van der Waals surface area contributed by atoms with Crippen LogP contribution in [0.15, 0.2) is 36.4 Å². The number of aryl methyl sites for hydroxylation is 1. The van der Waals surface area contributed by atoms with Crippen LogP contribution in [0.1, 0.15) is 27.8 Å². The van der Waals surface area contributed by atoms with Crippen LogP contribution in [0.2, 0.25) is 0 Å². The van der Waals surface area contributed by atoms with Gasteiger partial charge < -0.3 is 4.90 Å². The molecule has 0 aliphatic heterocycles. The number of tetrazole rings is 1. The van der Waals surface area contributed by atoms with Crippen molar-refractivity contribution in [3.63, 3.8) is 0 Å². The molecule has 0 saturated carbocycles. The fourth-order valence-corrected chi connectivity index (χ4v) is 3.51. The minimum atomic E-state index is -5.05. The highest BCUT2D eigenvalue weighted by Gasteiger charge is 2.37. The number of anilines is 1. The first-order chi connectivity index (χ1) is 15.5. The highest BCUT2D eigenvalue weighted by Crippen LogP contribution is 2.37. The maximum absolute atomic E-state index is 13.2. The fourth-order valence-electron chi connectivity index (χ4n) is 3.01. The van der Waals surface area contributed by atoms with E-state index in [1.165, 1.54) is 13.1 Å². The molecule has 1 aromatic heterocycles. The summed E-state index contributed by atoms with van der Waals surface area (Å²) in [6.45, 7) is -0.906. The average molecular weight is 609 g/mol. The molecule has 2 aromatic carbocycles. The third-order valence-corrected chi connectivity index (χ3v) is 5.59. The summed E-state index contributed by atoms with van der Waals surface area (Å²) in [5, 5.41) is 11.2. The van der Waals surface area contributed by atoms with Gasteiger partial charge in [-0.25, -0.2) is 0 Å². The third kappa shape index (κ3) is 6.29. The highest BCUT2D eigenvalue weighted by molar-refractivity contribution is 14.1. The van der Waals surface area contributed by atoms with E-state index in [1.54, 1.807) is 22.6 Å². The Labute approximate surface area is 199 Å². The quantitative estimate of drug-likeness (QED) is 0.260. The lowest BCUT2D eigenvalue weighted by Gasteiger charge is -2.23. The molecule has 0 N–H and O–H groups in total. The van der Waals surface area contributed by atoms with Crippen LogP contribution in [0.3, 0.4) is 0 Å². The normalized spacial score (nSPS) is 12.8. The Morgan fingerprint density at radius 2 is 1.35 bits per heavy atom. The van der Waals surface area contributed by atoms with E-state index in [9.17, 15) is 39.5 Å². The molecule has 0 unspecified atom stereocenters. The van der Waals surface area contributed by atoms with E-state index in [-0.39, 0.29) is 24.1 Å². The van der Waals surface area contributed by atoms with Gasteiger partial charge in [0.05, 0.1) is 23.7 Å². The van der Waals surface area contributed by atoms with E-state index in [1.807, 2.05) is 0 Å². The van der Waals surface area contributed by atoms with Gasteiger partial charge in [0.1, 0.15) is 0 Å². The van der Waals surface area contributed by atoms with Crippen molar-refractivity contribution in [1.29, 1.82) is 0 Å². The van der Waals surface area contributed by atoms with Crippen LogP contribution in [0, 0.1) is 3.57 Å². The number of hydrogen-bond donors (Lipinski definition) is 0. The Hall–Kier alpha value is -2.59. The topological polar surface area (TPSA) is 46.8 Å². The second-order valence-electron chi connectivity index (χ2n) is 7.15. The molecule has 0 amide bonds. The average Bonchev–Trinajstić information content (AvgIpc) is 3.13. The van der Waals surface area contributed by atoms with Crippen molar-refractivity contribution in [3.8, 4) is 0 Å². The molecular formula is C19H13F9IN5. The van der Waals surface area contributed by atoms with Gasteiger partial charge in [0.2, 0.25) is 0 Å². The minimum absolute atomic E-state index is 0.00977. The van der Waals surface area contributed by atoms with E-state index in [0.29, 0.717) is 15.7 Å². The first kappa shape index (κ1) is 26.0. The molecule has 34 heavy (non-hydrogen) atoms. The number of nitrogens with zero attached hydrogens (tertiary/aromatic N) is 5. The van der Waals surface area contributed by atoms with Crippen LogP contribution in [0.5, 0.6) is 0 Å². The number of aromatic nitrogens is 4. The molecule has 0 fully saturated rings. The molecule has 184 valence electrons. The molecule has 0 radical (unpaired) electrons. The van der Waals surface area contributed by atoms with Crippen LogP contribution < -0.4 is 4.90 Å². The number of hydrogen-bond acceptors (Lipinski definition) is 4. The molecule has 0 aliphatic rings. The number of halogens is 10. The third-order valence-electron chi connectivity index (χ3n) is 4.54. The maximum atomic E-state index is 13.2. The molecule has 0 spiro atoms. The van der Waals surface area contributed by atoms with Crippen LogP contribution in [-0.2, 0) is 38.7 Å². The summed E-state index contributed by atoms with van der Waals surface area (Å²) < 4.78 is 119. The Kier molecular flexibility index (Phi) is 7.06. The van der Waals surface area contributed by atoms with Gasteiger partial charge in [-0.05, 0) is 75.3 Å². The zero-order chi connectivity index (χ0) is 25.5. The van der Waals surface area contributed by atoms with E-state index in [4.69, 9.17) is 0 Å². The fraction of sp³-hybridized carbons (Fsp3) is 0.316. The molecule has 3 rings (SSSR count). The van der Waals surface area contributed by atoms with Gasteiger partial charge in [-0.2, -0.15) is 44.3 Å². The van der Waals surface area contributed by atoms with Gasteiger partial charge in [0, 0.05) is 16.7 Å². The van der Waals surface area contributed by atoms with Gasteiger partial charge >= 0.3 is 18.5 Å². The summed E-state index contributed by atoms with van der Waals surface area (Å²) in [4.78, 5) is 2.13. The van der Waals surface area contributed by atoms with Gasteiger partial charge in [-0.1, -0.05) is 5.10 Å². The Morgan fingerprint density at radius 3 is 1.82 bits per heavy atom. The largest absolute Gasteiger partial charge is 0.416 e. The summed E-state index contributed by atoms with van der Waals surface area (Å²) in [5.41, 5.74) is -4.27. The lowest BCUT2D eigenvalue weighted by atomic mass is 10.0. The maximum Gasteiger partial charge on any atom is 0.416 e. The molecule has 15 heteroatoms. The van der Waals surface area contributed by atoms with Crippen molar-refractivity contribution in [2.75, 3.05) is 4.90 Å². The second kappa shape index (κ2) is 9.22. The molecule has 0 bridgehead atoms. The summed E-state index contributed by atoms with van der Waals surface area (Å²) >= 11 is 1.77. The van der Waals surface area contributed by atoms with Crippen molar-refractivity contribution in [1.82, 2.24) is 20.2 Å². The molecular weight excluding hydrogens is 596 g/mol. The monoisotopic (exact) mass is 609 g/mol. The smallest absolute Gasteiger partial charge is 0.330 e.